The SMILES string of the molecule is CSCCCC(=O)c1ccccn1. The molecule has 1 rings (SSSR count). The zero-order valence-electron chi connectivity index (χ0n) is 7.69. The Morgan fingerprint density at radius 2 is 2.38 bits per heavy atom. The lowest BCUT2D eigenvalue weighted by atomic mass is 10.1. The molecule has 70 valence electrons. The summed E-state index contributed by atoms with van der Waals surface area (Å²) in [6.45, 7) is 0. The molecule has 1 heterocycles. The van der Waals surface area contributed by atoms with Gasteiger partial charge in [-0.05, 0) is 30.6 Å². The minimum Gasteiger partial charge on any atom is -0.292 e. The third-order valence-electron chi connectivity index (χ3n) is 1.70. The Kier molecular flexibility index (Phi) is 4.54. The quantitative estimate of drug-likeness (QED) is 0.534. The first-order valence-electron chi connectivity index (χ1n) is 4.28. The van der Waals surface area contributed by atoms with Crippen molar-refractivity contribution in [3.63, 3.8) is 0 Å². The second-order valence-electron chi connectivity index (χ2n) is 2.73. The fourth-order valence-corrected chi connectivity index (χ4v) is 1.47. The van der Waals surface area contributed by atoms with Gasteiger partial charge in [-0.15, -0.1) is 0 Å². The lowest BCUT2D eigenvalue weighted by Gasteiger charge is -1.98. The molecule has 1 aromatic rings. The van der Waals surface area contributed by atoms with Gasteiger partial charge in [-0.1, -0.05) is 6.07 Å². The molecule has 0 spiro atoms. The molecule has 0 saturated heterocycles. The van der Waals surface area contributed by atoms with Gasteiger partial charge >= 0.3 is 0 Å². The number of carbonyl (C=O) groups excluding carboxylic acids is 1. The van der Waals surface area contributed by atoms with E-state index in [1.165, 1.54) is 0 Å². The Morgan fingerprint density at radius 1 is 1.54 bits per heavy atom. The maximum absolute atomic E-state index is 11.4. The van der Waals surface area contributed by atoms with Crippen LogP contribution in [-0.2, 0) is 0 Å². The van der Waals surface area contributed by atoms with Crippen LogP contribution in [0.1, 0.15) is 23.3 Å². The van der Waals surface area contributed by atoms with Gasteiger partial charge in [0.15, 0.2) is 5.78 Å². The van der Waals surface area contributed by atoms with Gasteiger partial charge in [0, 0.05) is 12.6 Å². The molecule has 0 fully saturated rings. The van der Waals surface area contributed by atoms with Crippen LogP contribution in [0.15, 0.2) is 24.4 Å². The van der Waals surface area contributed by atoms with Crippen LogP contribution in [0.25, 0.3) is 0 Å². The minimum absolute atomic E-state index is 0.148. The third kappa shape index (κ3) is 3.59. The normalized spacial score (nSPS) is 9.92. The van der Waals surface area contributed by atoms with Crippen molar-refractivity contribution in [2.75, 3.05) is 12.0 Å². The Balaban J connectivity index is 2.40. The lowest BCUT2D eigenvalue weighted by Crippen LogP contribution is -2.01. The van der Waals surface area contributed by atoms with Gasteiger partial charge in [-0.25, -0.2) is 0 Å². The lowest BCUT2D eigenvalue weighted by molar-refractivity contribution is 0.0977. The number of ketones is 1. The van der Waals surface area contributed by atoms with Crippen LogP contribution in [0.5, 0.6) is 0 Å². The molecule has 0 aliphatic rings. The summed E-state index contributed by atoms with van der Waals surface area (Å²) in [4.78, 5) is 15.4. The van der Waals surface area contributed by atoms with Crippen LogP contribution in [0.3, 0.4) is 0 Å². The molecule has 3 heteroatoms. The smallest absolute Gasteiger partial charge is 0.181 e. The van der Waals surface area contributed by atoms with Gasteiger partial charge in [0.05, 0.1) is 0 Å². The highest BCUT2D eigenvalue weighted by molar-refractivity contribution is 7.98. The molecule has 0 radical (unpaired) electrons. The van der Waals surface area contributed by atoms with E-state index in [4.69, 9.17) is 0 Å². The fraction of sp³-hybridized carbons (Fsp3) is 0.400. The number of Topliss-reactive ketones (excluding diaryl/α,β-unsaturated/α-hetero) is 1. The first-order valence-corrected chi connectivity index (χ1v) is 5.67. The standard InChI is InChI=1S/C10H13NOS/c1-13-8-4-6-10(12)9-5-2-3-7-11-9/h2-3,5,7H,4,6,8H2,1H3. The van der Waals surface area contributed by atoms with Gasteiger partial charge in [0.1, 0.15) is 5.69 Å². The zero-order valence-corrected chi connectivity index (χ0v) is 8.51. The van der Waals surface area contributed by atoms with Crippen molar-refractivity contribution in [1.82, 2.24) is 4.98 Å². The molecule has 0 atom stereocenters. The van der Waals surface area contributed by atoms with Crippen LogP contribution >= 0.6 is 11.8 Å². The van der Waals surface area contributed by atoms with E-state index in [2.05, 4.69) is 4.98 Å². The highest BCUT2D eigenvalue weighted by Gasteiger charge is 2.04. The van der Waals surface area contributed by atoms with E-state index in [-0.39, 0.29) is 5.78 Å². The van der Waals surface area contributed by atoms with Gasteiger partial charge in [0.2, 0.25) is 0 Å². The molecular formula is C10H13NOS. The van der Waals surface area contributed by atoms with Crippen molar-refractivity contribution in [2.45, 2.75) is 12.8 Å². The summed E-state index contributed by atoms with van der Waals surface area (Å²) < 4.78 is 0. The molecule has 0 amide bonds. The van der Waals surface area contributed by atoms with Gasteiger partial charge in [0.25, 0.3) is 0 Å². The van der Waals surface area contributed by atoms with Crippen LogP contribution < -0.4 is 0 Å². The van der Waals surface area contributed by atoms with E-state index in [1.54, 1.807) is 24.0 Å². The van der Waals surface area contributed by atoms with Gasteiger partial charge < -0.3 is 0 Å². The van der Waals surface area contributed by atoms with E-state index in [1.807, 2.05) is 18.4 Å². The average molecular weight is 195 g/mol. The van der Waals surface area contributed by atoms with Crippen molar-refractivity contribution in [2.24, 2.45) is 0 Å². The zero-order chi connectivity index (χ0) is 9.52. The highest BCUT2D eigenvalue weighted by atomic mass is 32.2. The van der Waals surface area contributed by atoms with Crippen LogP contribution in [0.2, 0.25) is 0 Å². The van der Waals surface area contributed by atoms with Crippen molar-refractivity contribution < 1.29 is 4.79 Å². The molecule has 0 N–H and O–H groups in total. The number of hydrogen-bond acceptors (Lipinski definition) is 3. The summed E-state index contributed by atoms with van der Waals surface area (Å²) in [5.74, 6) is 1.19. The first kappa shape index (κ1) is 10.3. The summed E-state index contributed by atoms with van der Waals surface area (Å²) in [6, 6.07) is 5.43. The first-order chi connectivity index (χ1) is 6.34. The molecule has 0 aliphatic heterocycles. The molecule has 0 aromatic carbocycles. The second kappa shape index (κ2) is 5.75. The molecule has 13 heavy (non-hydrogen) atoms. The molecule has 0 unspecified atom stereocenters. The van der Waals surface area contributed by atoms with Crippen LogP contribution in [0, 0.1) is 0 Å². The molecule has 0 aliphatic carbocycles. The van der Waals surface area contributed by atoms with E-state index in [9.17, 15) is 4.79 Å². The fourth-order valence-electron chi connectivity index (χ4n) is 1.03. The largest absolute Gasteiger partial charge is 0.292 e. The number of thioether (sulfide) groups is 1. The maximum atomic E-state index is 11.4. The summed E-state index contributed by atoms with van der Waals surface area (Å²) in [7, 11) is 0. The van der Waals surface area contributed by atoms with Crippen LogP contribution in [0.4, 0.5) is 0 Å². The molecule has 0 bridgehead atoms. The van der Waals surface area contributed by atoms with Crippen molar-refractivity contribution in [3.8, 4) is 0 Å². The summed E-state index contributed by atoms with van der Waals surface area (Å²) in [5.41, 5.74) is 0.587. The summed E-state index contributed by atoms with van der Waals surface area (Å²) >= 11 is 1.77. The second-order valence-corrected chi connectivity index (χ2v) is 3.72. The van der Waals surface area contributed by atoms with Crippen molar-refractivity contribution >= 4 is 17.5 Å². The maximum Gasteiger partial charge on any atom is 0.181 e. The van der Waals surface area contributed by atoms with Crippen molar-refractivity contribution in [1.29, 1.82) is 0 Å². The molecule has 0 saturated carbocycles. The number of rotatable bonds is 5. The number of aromatic nitrogens is 1. The predicted octanol–water partition coefficient (Wildman–Crippen LogP) is 2.41. The number of hydrogen-bond donors (Lipinski definition) is 0. The predicted molar refractivity (Wildman–Crippen MR) is 56.2 cm³/mol. The van der Waals surface area contributed by atoms with E-state index in [0.29, 0.717) is 12.1 Å². The van der Waals surface area contributed by atoms with E-state index in [0.717, 1.165) is 12.2 Å². The van der Waals surface area contributed by atoms with E-state index < -0.39 is 0 Å². The highest BCUT2D eigenvalue weighted by Crippen LogP contribution is 2.04. The Labute approximate surface area is 82.8 Å². The summed E-state index contributed by atoms with van der Waals surface area (Å²) in [6.07, 6.45) is 5.25. The topological polar surface area (TPSA) is 30.0 Å². The monoisotopic (exact) mass is 195 g/mol. The Bertz CT molecular complexity index is 261. The van der Waals surface area contributed by atoms with Gasteiger partial charge in [-0.2, -0.15) is 11.8 Å². The number of pyridine rings is 1. The molecule has 1 aromatic heterocycles. The Morgan fingerprint density at radius 3 is 3.00 bits per heavy atom. The Hall–Kier alpha value is -0.830. The van der Waals surface area contributed by atoms with Crippen molar-refractivity contribution in [3.05, 3.63) is 30.1 Å². The summed E-state index contributed by atoms with van der Waals surface area (Å²) in [5, 5.41) is 0. The van der Waals surface area contributed by atoms with Gasteiger partial charge in [-0.3, -0.25) is 9.78 Å². The minimum atomic E-state index is 0.148. The van der Waals surface area contributed by atoms with Crippen LogP contribution in [-0.4, -0.2) is 22.8 Å². The average Bonchev–Trinajstić information content (AvgIpc) is 2.19. The molecular weight excluding hydrogens is 182 g/mol. The molecule has 2 nitrogen and oxygen atoms in total. The third-order valence-corrected chi connectivity index (χ3v) is 2.40. The number of nitrogens with zero attached hydrogens (tertiary/aromatic N) is 1. The number of carbonyl (C=O) groups is 1. The van der Waals surface area contributed by atoms with E-state index >= 15 is 0 Å².